The van der Waals surface area contributed by atoms with E-state index in [0.29, 0.717) is 6.04 Å². The van der Waals surface area contributed by atoms with Crippen molar-refractivity contribution in [2.45, 2.75) is 85.1 Å². The molecular weight excluding hydrogens is 194 g/mol. The van der Waals surface area contributed by atoms with Crippen LogP contribution in [-0.2, 0) is 0 Å². The molecule has 0 saturated heterocycles. The van der Waals surface area contributed by atoms with Crippen LogP contribution < -0.4 is 5.32 Å². The molecule has 0 aromatic carbocycles. The minimum absolute atomic E-state index is 0.685. The van der Waals surface area contributed by atoms with Crippen LogP contribution in [-0.4, -0.2) is 12.6 Å². The second-order valence-corrected chi connectivity index (χ2v) is 5.25. The molecule has 1 heteroatoms. The maximum Gasteiger partial charge on any atom is 0.00642 e. The predicted molar refractivity (Wildman–Crippen MR) is 74.9 cm³/mol. The molecule has 0 heterocycles. The second kappa shape index (κ2) is 11.4. The molecule has 16 heavy (non-hydrogen) atoms. The molecule has 0 fully saturated rings. The van der Waals surface area contributed by atoms with Crippen molar-refractivity contribution in [2.24, 2.45) is 5.92 Å². The lowest BCUT2D eigenvalue weighted by molar-refractivity contribution is 0.386. The third kappa shape index (κ3) is 9.21. The van der Waals surface area contributed by atoms with Crippen LogP contribution in [0.25, 0.3) is 0 Å². The number of hydrogen-bond donors (Lipinski definition) is 1. The van der Waals surface area contributed by atoms with Crippen LogP contribution in [0.3, 0.4) is 0 Å². The Labute approximate surface area is 103 Å². The van der Waals surface area contributed by atoms with Crippen molar-refractivity contribution in [2.75, 3.05) is 6.54 Å². The number of unbranched alkanes of at least 4 members (excludes halogenated alkanes) is 6. The predicted octanol–water partition coefficient (Wildman–Crippen LogP) is 4.76. The van der Waals surface area contributed by atoms with Crippen LogP contribution in [0, 0.1) is 5.92 Å². The van der Waals surface area contributed by atoms with Gasteiger partial charge in [0.05, 0.1) is 0 Å². The van der Waals surface area contributed by atoms with Gasteiger partial charge in [0.2, 0.25) is 0 Å². The molecule has 0 aliphatic heterocycles. The largest absolute Gasteiger partial charge is 0.314 e. The fourth-order valence-corrected chi connectivity index (χ4v) is 1.97. The van der Waals surface area contributed by atoms with E-state index in [0.717, 1.165) is 5.92 Å². The Kier molecular flexibility index (Phi) is 11.4. The highest BCUT2D eigenvalue weighted by atomic mass is 14.9. The SMILES string of the molecule is CCCCCCCCCNC(C)C(C)CC. The molecule has 0 spiro atoms. The molecule has 0 aliphatic carbocycles. The van der Waals surface area contributed by atoms with E-state index in [9.17, 15) is 0 Å². The lowest BCUT2D eigenvalue weighted by Gasteiger charge is -2.19. The molecular formula is C15H33N. The molecule has 0 radical (unpaired) electrons. The van der Waals surface area contributed by atoms with E-state index < -0.39 is 0 Å². The zero-order valence-electron chi connectivity index (χ0n) is 12.0. The van der Waals surface area contributed by atoms with Crippen LogP contribution in [0.1, 0.15) is 79.1 Å². The summed E-state index contributed by atoms with van der Waals surface area (Å²) in [6, 6.07) is 0.685. The summed E-state index contributed by atoms with van der Waals surface area (Å²) in [4.78, 5) is 0. The molecule has 1 nitrogen and oxygen atoms in total. The lowest BCUT2D eigenvalue weighted by Crippen LogP contribution is -2.32. The van der Waals surface area contributed by atoms with Gasteiger partial charge in [0, 0.05) is 6.04 Å². The normalized spacial score (nSPS) is 15.0. The Morgan fingerprint density at radius 2 is 1.38 bits per heavy atom. The molecule has 0 rings (SSSR count). The minimum Gasteiger partial charge on any atom is -0.314 e. The summed E-state index contributed by atoms with van der Waals surface area (Å²) in [5, 5.41) is 3.64. The third-order valence-electron chi connectivity index (χ3n) is 3.74. The van der Waals surface area contributed by atoms with Gasteiger partial charge in [-0.25, -0.2) is 0 Å². The first-order valence-electron chi connectivity index (χ1n) is 7.45. The average molecular weight is 227 g/mol. The second-order valence-electron chi connectivity index (χ2n) is 5.25. The number of rotatable bonds is 11. The summed E-state index contributed by atoms with van der Waals surface area (Å²) in [6.45, 7) is 10.4. The van der Waals surface area contributed by atoms with Gasteiger partial charge in [-0.15, -0.1) is 0 Å². The van der Waals surface area contributed by atoms with Crippen molar-refractivity contribution >= 4 is 0 Å². The number of nitrogens with one attached hydrogen (secondary N) is 1. The zero-order chi connectivity index (χ0) is 12.2. The topological polar surface area (TPSA) is 12.0 Å². The first-order valence-corrected chi connectivity index (χ1v) is 7.45. The van der Waals surface area contributed by atoms with Gasteiger partial charge in [0.1, 0.15) is 0 Å². The van der Waals surface area contributed by atoms with Crippen molar-refractivity contribution < 1.29 is 0 Å². The first-order chi connectivity index (χ1) is 7.72. The Morgan fingerprint density at radius 1 is 0.812 bits per heavy atom. The van der Waals surface area contributed by atoms with E-state index in [1.807, 2.05) is 0 Å². The molecule has 0 aromatic heterocycles. The van der Waals surface area contributed by atoms with Crippen molar-refractivity contribution in [1.82, 2.24) is 5.32 Å². The van der Waals surface area contributed by atoms with Crippen LogP contribution in [0.15, 0.2) is 0 Å². The van der Waals surface area contributed by atoms with Crippen LogP contribution in [0.4, 0.5) is 0 Å². The molecule has 0 bridgehead atoms. The van der Waals surface area contributed by atoms with Gasteiger partial charge >= 0.3 is 0 Å². The smallest absolute Gasteiger partial charge is 0.00642 e. The molecule has 0 aliphatic rings. The highest BCUT2D eigenvalue weighted by Gasteiger charge is 2.07. The highest BCUT2D eigenvalue weighted by molar-refractivity contribution is 4.66. The van der Waals surface area contributed by atoms with E-state index in [2.05, 4.69) is 33.0 Å². The Bertz CT molecular complexity index is 133. The van der Waals surface area contributed by atoms with Gasteiger partial charge in [-0.1, -0.05) is 65.7 Å². The fourth-order valence-electron chi connectivity index (χ4n) is 1.97. The summed E-state index contributed by atoms with van der Waals surface area (Å²) in [6.07, 6.45) is 11.1. The highest BCUT2D eigenvalue weighted by Crippen LogP contribution is 2.08. The minimum atomic E-state index is 0.685. The van der Waals surface area contributed by atoms with E-state index in [1.165, 1.54) is 57.9 Å². The van der Waals surface area contributed by atoms with Gasteiger partial charge in [-0.05, 0) is 25.8 Å². The Balaban J connectivity index is 3.14. The molecule has 0 amide bonds. The van der Waals surface area contributed by atoms with Crippen LogP contribution in [0.2, 0.25) is 0 Å². The van der Waals surface area contributed by atoms with Crippen molar-refractivity contribution in [3.63, 3.8) is 0 Å². The Hall–Kier alpha value is -0.0400. The first kappa shape index (κ1) is 16.0. The van der Waals surface area contributed by atoms with E-state index in [4.69, 9.17) is 0 Å². The molecule has 2 atom stereocenters. The summed E-state index contributed by atoms with van der Waals surface area (Å²) < 4.78 is 0. The zero-order valence-corrected chi connectivity index (χ0v) is 12.0. The van der Waals surface area contributed by atoms with E-state index in [1.54, 1.807) is 0 Å². The third-order valence-corrected chi connectivity index (χ3v) is 3.74. The van der Waals surface area contributed by atoms with Gasteiger partial charge in [0.15, 0.2) is 0 Å². The summed E-state index contributed by atoms with van der Waals surface area (Å²) in [5.41, 5.74) is 0. The standard InChI is InChI=1S/C15H33N/c1-5-7-8-9-10-11-12-13-16-15(4)14(3)6-2/h14-16H,5-13H2,1-4H3. The maximum atomic E-state index is 3.64. The summed E-state index contributed by atoms with van der Waals surface area (Å²) in [5.74, 6) is 0.810. The quantitative estimate of drug-likeness (QED) is 0.502. The summed E-state index contributed by atoms with van der Waals surface area (Å²) in [7, 11) is 0. The van der Waals surface area contributed by atoms with E-state index in [-0.39, 0.29) is 0 Å². The average Bonchev–Trinajstić information content (AvgIpc) is 2.31. The maximum absolute atomic E-state index is 3.64. The molecule has 98 valence electrons. The summed E-state index contributed by atoms with van der Waals surface area (Å²) >= 11 is 0. The van der Waals surface area contributed by atoms with Gasteiger partial charge in [0.25, 0.3) is 0 Å². The molecule has 1 N–H and O–H groups in total. The molecule has 2 unspecified atom stereocenters. The molecule has 0 aromatic rings. The van der Waals surface area contributed by atoms with Gasteiger partial charge in [-0.2, -0.15) is 0 Å². The molecule has 0 saturated carbocycles. The number of hydrogen-bond acceptors (Lipinski definition) is 1. The lowest BCUT2D eigenvalue weighted by atomic mass is 10.0. The van der Waals surface area contributed by atoms with Crippen molar-refractivity contribution in [3.05, 3.63) is 0 Å². The van der Waals surface area contributed by atoms with Crippen LogP contribution >= 0.6 is 0 Å². The van der Waals surface area contributed by atoms with Crippen molar-refractivity contribution in [3.8, 4) is 0 Å². The van der Waals surface area contributed by atoms with Gasteiger partial charge < -0.3 is 5.32 Å². The van der Waals surface area contributed by atoms with Crippen LogP contribution in [0.5, 0.6) is 0 Å². The Morgan fingerprint density at radius 3 is 1.94 bits per heavy atom. The fraction of sp³-hybridized carbons (Fsp3) is 1.00. The monoisotopic (exact) mass is 227 g/mol. The van der Waals surface area contributed by atoms with Gasteiger partial charge in [-0.3, -0.25) is 0 Å². The van der Waals surface area contributed by atoms with Crippen molar-refractivity contribution in [1.29, 1.82) is 0 Å². The van der Waals surface area contributed by atoms with E-state index >= 15 is 0 Å².